The Morgan fingerprint density at radius 1 is 1.26 bits per heavy atom. The summed E-state index contributed by atoms with van der Waals surface area (Å²) in [5.74, 6) is -0.875. The number of esters is 1. The Hall–Kier alpha value is -3.01. The Bertz CT molecular complexity index is 931. The molecule has 2 aromatic rings. The van der Waals surface area contributed by atoms with Crippen LogP contribution in [0.3, 0.4) is 0 Å². The van der Waals surface area contributed by atoms with Crippen LogP contribution < -0.4 is 16.0 Å². The van der Waals surface area contributed by atoms with Crippen LogP contribution in [-0.2, 0) is 4.74 Å². The smallest absolute Gasteiger partial charge is 0.350 e. The third kappa shape index (κ3) is 7.02. The van der Waals surface area contributed by atoms with E-state index in [1.54, 1.807) is 19.9 Å². The number of carbonyl (C=O) groups is 2. The van der Waals surface area contributed by atoms with Gasteiger partial charge in [0.15, 0.2) is 5.96 Å². The number of carbonyl (C=O) groups excluding carboxylic acids is 2. The highest BCUT2D eigenvalue weighted by Gasteiger charge is 2.20. The monoisotopic (exact) mass is 449 g/mol. The molecule has 1 unspecified atom stereocenters. The second-order valence-electron chi connectivity index (χ2n) is 6.55. The van der Waals surface area contributed by atoms with Crippen LogP contribution in [0, 0.1) is 12.7 Å². The predicted molar refractivity (Wildman–Crippen MR) is 119 cm³/mol. The molecule has 0 aliphatic heterocycles. The van der Waals surface area contributed by atoms with E-state index in [1.807, 2.05) is 13.8 Å². The van der Waals surface area contributed by atoms with Crippen molar-refractivity contribution in [2.75, 3.05) is 26.2 Å². The lowest BCUT2D eigenvalue weighted by Crippen LogP contribution is -2.39. The zero-order chi connectivity index (χ0) is 22.8. The second-order valence-corrected chi connectivity index (χ2v) is 7.58. The van der Waals surface area contributed by atoms with Gasteiger partial charge in [0.1, 0.15) is 15.7 Å². The standard InChI is InChI=1S/C21H28FN5O3S/c1-5-23-21(25-12-11-24-18(28)15-9-7-8-10-16(15)22)27-14(4)19-26-13(3)17(31-19)20(29)30-6-2/h7-10,14H,5-6,11-12H2,1-4H3,(H,24,28)(H2,23,25,27). The molecule has 1 amide bonds. The Balaban J connectivity index is 1.95. The number of aryl methyl sites for hydroxylation is 1. The molecule has 0 spiro atoms. The van der Waals surface area contributed by atoms with E-state index < -0.39 is 11.7 Å². The van der Waals surface area contributed by atoms with Crippen LogP contribution in [0.2, 0.25) is 0 Å². The van der Waals surface area contributed by atoms with E-state index in [4.69, 9.17) is 4.74 Å². The summed E-state index contributed by atoms with van der Waals surface area (Å²) in [6.45, 7) is 8.89. The topological polar surface area (TPSA) is 105 Å². The summed E-state index contributed by atoms with van der Waals surface area (Å²) in [7, 11) is 0. The van der Waals surface area contributed by atoms with Gasteiger partial charge in [0.25, 0.3) is 5.91 Å². The summed E-state index contributed by atoms with van der Waals surface area (Å²) in [6.07, 6.45) is 0. The Morgan fingerprint density at radius 2 is 2.00 bits per heavy atom. The molecule has 168 valence electrons. The number of guanidine groups is 1. The average Bonchev–Trinajstić information content (AvgIpc) is 3.13. The largest absolute Gasteiger partial charge is 0.462 e. The molecule has 0 aliphatic carbocycles. The van der Waals surface area contributed by atoms with E-state index in [1.165, 1.54) is 29.5 Å². The Labute approximate surface area is 185 Å². The average molecular weight is 450 g/mol. The molecule has 1 aromatic heterocycles. The van der Waals surface area contributed by atoms with Crippen molar-refractivity contribution in [3.8, 4) is 0 Å². The molecule has 3 N–H and O–H groups in total. The van der Waals surface area contributed by atoms with E-state index >= 15 is 0 Å². The van der Waals surface area contributed by atoms with Gasteiger partial charge in [0, 0.05) is 13.1 Å². The molecule has 0 bridgehead atoms. The third-order valence-electron chi connectivity index (χ3n) is 4.13. The number of thiazole rings is 1. The number of ether oxygens (including phenoxy) is 1. The van der Waals surface area contributed by atoms with Gasteiger partial charge in [0.2, 0.25) is 0 Å². The first-order chi connectivity index (χ1) is 14.9. The van der Waals surface area contributed by atoms with Gasteiger partial charge in [-0.15, -0.1) is 11.3 Å². The van der Waals surface area contributed by atoms with Gasteiger partial charge in [-0.05, 0) is 39.8 Å². The summed E-state index contributed by atoms with van der Waals surface area (Å²) < 4.78 is 18.7. The number of nitrogens with zero attached hydrogens (tertiary/aromatic N) is 2. The van der Waals surface area contributed by atoms with Crippen LogP contribution in [0.5, 0.6) is 0 Å². The van der Waals surface area contributed by atoms with Gasteiger partial charge >= 0.3 is 5.97 Å². The minimum Gasteiger partial charge on any atom is -0.462 e. The quantitative estimate of drug-likeness (QED) is 0.235. The summed E-state index contributed by atoms with van der Waals surface area (Å²) in [5, 5.41) is 9.75. The van der Waals surface area contributed by atoms with Crippen LogP contribution >= 0.6 is 11.3 Å². The van der Waals surface area contributed by atoms with Crippen molar-refractivity contribution in [2.45, 2.75) is 33.7 Å². The molecule has 31 heavy (non-hydrogen) atoms. The molecule has 0 saturated heterocycles. The number of nitrogens with one attached hydrogen (secondary N) is 3. The lowest BCUT2D eigenvalue weighted by atomic mass is 10.2. The molecule has 1 aromatic carbocycles. The van der Waals surface area contributed by atoms with Crippen molar-refractivity contribution < 1.29 is 18.7 Å². The summed E-state index contributed by atoms with van der Waals surface area (Å²) >= 11 is 1.28. The van der Waals surface area contributed by atoms with Crippen LogP contribution in [0.1, 0.15) is 57.5 Å². The number of rotatable bonds is 9. The molecule has 0 radical (unpaired) electrons. The van der Waals surface area contributed by atoms with Crippen molar-refractivity contribution in [2.24, 2.45) is 4.99 Å². The first-order valence-corrected chi connectivity index (χ1v) is 10.9. The first-order valence-electron chi connectivity index (χ1n) is 10.1. The molecular weight excluding hydrogens is 421 g/mol. The van der Waals surface area contributed by atoms with Gasteiger partial charge in [-0.1, -0.05) is 12.1 Å². The highest BCUT2D eigenvalue weighted by atomic mass is 32.1. The number of hydrogen-bond donors (Lipinski definition) is 3. The van der Waals surface area contributed by atoms with E-state index in [9.17, 15) is 14.0 Å². The summed E-state index contributed by atoms with van der Waals surface area (Å²) in [5.41, 5.74) is 0.631. The zero-order valence-electron chi connectivity index (χ0n) is 18.1. The first kappa shape index (κ1) is 24.3. The van der Waals surface area contributed by atoms with Crippen molar-refractivity contribution in [1.29, 1.82) is 0 Å². The molecule has 0 saturated carbocycles. The minimum atomic E-state index is -0.562. The van der Waals surface area contributed by atoms with Crippen molar-refractivity contribution >= 4 is 29.2 Å². The number of hydrogen-bond acceptors (Lipinski definition) is 6. The van der Waals surface area contributed by atoms with Gasteiger partial charge in [-0.3, -0.25) is 9.79 Å². The zero-order valence-corrected chi connectivity index (χ0v) is 18.9. The van der Waals surface area contributed by atoms with E-state index in [0.717, 1.165) is 5.01 Å². The van der Waals surface area contributed by atoms with Crippen LogP contribution in [0.15, 0.2) is 29.3 Å². The lowest BCUT2D eigenvalue weighted by molar-refractivity contribution is 0.0531. The second kappa shape index (κ2) is 12.0. The van der Waals surface area contributed by atoms with Crippen molar-refractivity contribution in [3.05, 3.63) is 51.2 Å². The normalized spacial score (nSPS) is 12.2. The summed E-state index contributed by atoms with van der Waals surface area (Å²) in [6, 6.07) is 5.62. The Kier molecular flexibility index (Phi) is 9.39. The maximum atomic E-state index is 13.7. The fourth-order valence-electron chi connectivity index (χ4n) is 2.65. The highest BCUT2D eigenvalue weighted by Crippen LogP contribution is 2.24. The minimum absolute atomic E-state index is 0.00155. The molecule has 0 fully saturated rings. The van der Waals surface area contributed by atoms with Gasteiger partial charge in [-0.2, -0.15) is 0 Å². The lowest BCUT2D eigenvalue weighted by Gasteiger charge is -2.16. The van der Waals surface area contributed by atoms with Gasteiger partial charge < -0.3 is 20.7 Å². The van der Waals surface area contributed by atoms with E-state index in [-0.39, 0.29) is 24.1 Å². The van der Waals surface area contributed by atoms with Crippen LogP contribution in [0.4, 0.5) is 4.39 Å². The molecule has 1 heterocycles. The molecule has 8 nitrogen and oxygen atoms in total. The number of halogens is 1. The molecular formula is C21H28FN5O3S. The molecule has 10 heteroatoms. The maximum Gasteiger partial charge on any atom is 0.350 e. The number of benzene rings is 1. The van der Waals surface area contributed by atoms with Gasteiger partial charge in [-0.25, -0.2) is 14.2 Å². The van der Waals surface area contributed by atoms with Crippen LogP contribution in [-0.4, -0.2) is 49.1 Å². The van der Waals surface area contributed by atoms with Crippen molar-refractivity contribution in [1.82, 2.24) is 20.9 Å². The third-order valence-corrected chi connectivity index (χ3v) is 5.45. The predicted octanol–water partition coefficient (Wildman–Crippen LogP) is 2.81. The number of amides is 1. The fraction of sp³-hybridized carbons (Fsp3) is 0.429. The van der Waals surface area contributed by atoms with Crippen molar-refractivity contribution in [3.63, 3.8) is 0 Å². The molecule has 0 aliphatic rings. The van der Waals surface area contributed by atoms with Crippen LogP contribution in [0.25, 0.3) is 0 Å². The highest BCUT2D eigenvalue weighted by molar-refractivity contribution is 7.13. The van der Waals surface area contributed by atoms with E-state index in [2.05, 4.69) is 25.9 Å². The summed E-state index contributed by atoms with van der Waals surface area (Å²) in [4.78, 5) is 33.5. The Morgan fingerprint density at radius 3 is 2.68 bits per heavy atom. The number of aliphatic imine (C=N–C) groups is 1. The number of aromatic nitrogens is 1. The molecule has 2 rings (SSSR count). The fourth-order valence-corrected chi connectivity index (χ4v) is 3.62. The SMILES string of the molecule is CCNC(=NCCNC(=O)c1ccccc1F)NC(C)c1nc(C)c(C(=O)OCC)s1. The van der Waals surface area contributed by atoms with E-state index in [0.29, 0.717) is 36.2 Å². The van der Waals surface area contributed by atoms with Gasteiger partial charge in [0.05, 0.1) is 30.5 Å². The molecule has 1 atom stereocenters. The maximum absolute atomic E-state index is 13.7.